The number of ether oxygens (including phenoxy) is 1. The van der Waals surface area contributed by atoms with Crippen LogP contribution in [0, 0.1) is 13.8 Å². The number of sulfonamides is 1. The average Bonchev–Trinajstić information content (AvgIpc) is 3.50. The van der Waals surface area contributed by atoms with Gasteiger partial charge in [-0.25, -0.2) is 8.42 Å². The van der Waals surface area contributed by atoms with Crippen molar-refractivity contribution >= 4 is 39.1 Å². The molecule has 0 aromatic heterocycles. The highest BCUT2D eigenvalue weighted by molar-refractivity contribution is 7.92. The fourth-order valence-corrected chi connectivity index (χ4v) is 6.94. The van der Waals surface area contributed by atoms with Crippen LogP contribution in [-0.4, -0.2) is 50.9 Å². The lowest BCUT2D eigenvalue weighted by atomic mass is 10.1. The summed E-state index contributed by atoms with van der Waals surface area (Å²) in [5, 5.41) is 3.51. The number of hydrogen-bond donors (Lipinski definition) is 1. The highest BCUT2D eigenvalue weighted by Gasteiger charge is 2.34. The molecular weight excluding hydrogens is 586 g/mol. The van der Waals surface area contributed by atoms with Gasteiger partial charge in [-0.05, 0) is 80.6 Å². The Bertz CT molecular complexity index is 1540. The lowest BCUT2D eigenvalue weighted by Gasteiger charge is -2.34. The molecule has 0 bridgehead atoms. The zero-order chi connectivity index (χ0) is 31.1. The molecule has 10 heteroatoms. The third-order valence-electron chi connectivity index (χ3n) is 7.91. The lowest BCUT2D eigenvalue weighted by molar-refractivity contribution is -0.140. The van der Waals surface area contributed by atoms with Crippen LogP contribution < -0.4 is 14.4 Å². The fraction of sp³-hybridized carbons (Fsp3) is 0.394. The minimum atomic E-state index is -4.18. The van der Waals surface area contributed by atoms with E-state index in [-0.39, 0.29) is 29.1 Å². The van der Waals surface area contributed by atoms with Crippen molar-refractivity contribution in [2.24, 2.45) is 0 Å². The van der Waals surface area contributed by atoms with E-state index in [1.54, 1.807) is 43.5 Å². The van der Waals surface area contributed by atoms with Crippen LogP contribution in [-0.2, 0) is 26.2 Å². The number of aryl methyl sites for hydroxylation is 2. The molecule has 4 rings (SSSR count). The van der Waals surface area contributed by atoms with E-state index in [4.69, 9.17) is 16.3 Å². The van der Waals surface area contributed by atoms with Gasteiger partial charge in [0.2, 0.25) is 11.8 Å². The molecule has 230 valence electrons. The van der Waals surface area contributed by atoms with Gasteiger partial charge < -0.3 is 15.0 Å². The first-order valence-corrected chi connectivity index (χ1v) is 16.4. The lowest BCUT2D eigenvalue weighted by Crippen LogP contribution is -2.53. The molecule has 1 N–H and O–H groups in total. The molecule has 0 radical (unpaired) electrons. The summed E-state index contributed by atoms with van der Waals surface area (Å²) in [7, 11) is -2.62. The SMILES string of the molecule is CC[C@H](C(=O)NC1CCCC1)N(Cc1cccc(OC)c1)C(=O)CN(c1ccc(C)c(Cl)c1)S(=O)(=O)c1ccc(C)cc1. The molecule has 8 nitrogen and oxygen atoms in total. The maximum Gasteiger partial charge on any atom is 0.264 e. The van der Waals surface area contributed by atoms with Gasteiger partial charge in [-0.2, -0.15) is 0 Å². The first-order chi connectivity index (χ1) is 20.5. The van der Waals surface area contributed by atoms with E-state index in [1.807, 2.05) is 39.0 Å². The fourth-order valence-electron chi connectivity index (χ4n) is 5.36. The molecule has 2 amide bonds. The largest absolute Gasteiger partial charge is 0.497 e. The Morgan fingerprint density at radius 1 is 1.02 bits per heavy atom. The van der Waals surface area contributed by atoms with E-state index in [0.717, 1.165) is 46.7 Å². The topological polar surface area (TPSA) is 96.0 Å². The number of nitrogens with zero attached hydrogens (tertiary/aromatic N) is 2. The molecule has 43 heavy (non-hydrogen) atoms. The number of amides is 2. The zero-order valence-electron chi connectivity index (χ0n) is 25.2. The first kappa shape index (κ1) is 32.4. The van der Waals surface area contributed by atoms with E-state index >= 15 is 0 Å². The van der Waals surface area contributed by atoms with Crippen LogP contribution in [0.15, 0.2) is 71.6 Å². The van der Waals surface area contributed by atoms with Gasteiger partial charge in [0, 0.05) is 17.6 Å². The van der Waals surface area contributed by atoms with Gasteiger partial charge in [-0.1, -0.05) is 67.3 Å². The molecule has 1 aliphatic carbocycles. The minimum absolute atomic E-state index is 0.0490. The van der Waals surface area contributed by atoms with Crippen LogP contribution in [0.1, 0.15) is 55.7 Å². The minimum Gasteiger partial charge on any atom is -0.497 e. The Balaban J connectivity index is 1.74. The van der Waals surface area contributed by atoms with Crippen molar-refractivity contribution in [3.63, 3.8) is 0 Å². The Hall–Kier alpha value is -3.56. The Morgan fingerprint density at radius 2 is 1.72 bits per heavy atom. The van der Waals surface area contributed by atoms with E-state index < -0.39 is 28.5 Å². The molecular formula is C33H40ClN3O5S. The van der Waals surface area contributed by atoms with E-state index in [2.05, 4.69) is 5.32 Å². The Labute approximate surface area is 260 Å². The summed E-state index contributed by atoms with van der Waals surface area (Å²) >= 11 is 6.42. The number of hydrogen-bond acceptors (Lipinski definition) is 5. The van der Waals surface area contributed by atoms with Crippen molar-refractivity contribution in [1.82, 2.24) is 10.2 Å². The van der Waals surface area contributed by atoms with Gasteiger partial charge in [0.25, 0.3) is 10.0 Å². The zero-order valence-corrected chi connectivity index (χ0v) is 26.7. The number of carbonyl (C=O) groups excluding carboxylic acids is 2. The second-order valence-corrected chi connectivity index (χ2v) is 13.3. The third kappa shape index (κ3) is 7.89. The smallest absolute Gasteiger partial charge is 0.264 e. The molecule has 0 heterocycles. The Morgan fingerprint density at radius 3 is 2.35 bits per heavy atom. The summed E-state index contributed by atoms with van der Waals surface area (Å²) in [4.78, 5) is 29.4. The van der Waals surface area contributed by atoms with Crippen molar-refractivity contribution < 1.29 is 22.7 Å². The van der Waals surface area contributed by atoms with Crippen LogP contribution in [0.25, 0.3) is 0 Å². The van der Waals surface area contributed by atoms with Gasteiger partial charge in [0.1, 0.15) is 18.3 Å². The molecule has 0 spiro atoms. The summed E-state index contributed by atoms with van der Waals surface area (Å²) < 4.78 is 34.6. The molecule has 1 saturated carbocycles. The maximum atomic E-state index is 14.3. The summed E-state index contributed by atoms with van der Waals surface area (Å²) in [5.74, 6) is -0.133. The third-order valence-corrected chi connectivity index (χ3v) is 10.1. The van der Waals surface area contributed by atoms with Crippen molar-refractivity contribution in [3.8, 4) is 5.75 Å². The van der Waals surface area contributed by atoms with Crippen LogP contribution in [0.5, 0.6) is 5.75 Å². The highest BCUT2D eigenvalue weighted by atomic mass is 35.5. The monoisotopic (exact) mass is 625 g/mol. The first-order valence-electron chi connectivity index (χ1n) is 14.6. The molecule has 0 unspecified atom stereocenters. The highest BCUT2D eigenvalue weighted by Crippen LogP contribution is 2.29. The van der Waals surface area contributed by atoms with Gasteiger partial charge in [0.15, 0.2) is 0 Å². The number of anilines is 1. The van der Waals surface area contributed by atoms with E-state index in [0.29, 0.717) is 17.2 Å². The summed E-state index contributed by atoms with van der Waals surface area (Å²) in [5.41, 5.74) is 2.70. The van der Waals surface area contributed by atoms with Crippen molar-refractivity contribution in [2.75, 3.05) is 18.0 Å². The van der Waals surface area contributed by atoms with E-state index in [1.165, 1.54) is 17.0 Å². The van der Waals surface area contributed by atoms with Crippen LogP contribution in [0.2, 0.25) is 5.02 Å². The summed E-state index contributed by atoms with van der Waals surface area (Å²) in [6, 6.07) is 17.9. The van der Waals surface area contributed by atoms with Crippen molar-refractivity contribution in [2.45, 2.75) is 76.4 Å². The molecule has 1 fully saturated rings. The number of methoxy groups -OCH3 is 1. The molecule has 1 aliphatic rings. The molecule has 3 aromatic rings. The predicted molar refractivity (Wildman–Crippen MR) is 170 cm³/mol. The standard InChI is InChI=1S/C33H40ClN3O5S/c1-5-31(33(39)35-26-10-6-7-11-26)36(21-25-9-8-12-28(19-25)42-4)32(38)22-37(27-16-15-24(3)30(34)20-27)43(40,41)29-17-13-23(2)14-18-29/h8-9,12-20,26,31H,5-7,10-11,21-22H2,1-4H3,(H,35,39)/t31-/m1/s1. The van der Waals surface area contributed by atoms with Gasteiger partial charge in [-0.15, -0.1) is 0 Å². The normalized spacial score (nSPS) is 14.3. The molecule has 0 saturated heterocycles. The van der Waals surface area contributed by atoms with E-state index in [9.17, 15) is 18.0 Å². The molecule has 1 atom stereocenters. The number of nitrogens with one attached hydrogen (secondary N) is 1. The van der Waals surface area contributed by atoms with Crippen LogP contribution in [0.4, 0.5) is 5.69 Å². The summed E-state index contributed by atoms with van der Waals surface area (Å²) in [6.45, 7) is 5.12. The van der Waals surface area contributed by atoms with Crippen LogP contribution >= 0.6 is 11.6 Å². The van der Waals surface area contributed by atoms with Crippen molar-refractivity contribution in [1.29, 1.82) is 0 Å². The summed E-state index contributed by atoms with van der Waals surface area (Å²) in [6.07, 6.45) is 4.28. The van der Waals surface area contributed by atoms with Crippen molar-refractivity contribution in [3.05, 3.63) is 88.4 Å². The van der Waals surface area contributed by atoms with Crippen LogP contribution in [0.3, 0.4) is 0 Å². The van der Waals surface area contributed by atoms with Gasteiger partial charge in [0.05, 0.1) is 17.7 Å². The number of halogens is 1. The second kappa shape index (κ2) is 14.3. The van der Waals surface area contributed by atoms with Gasteiger partial charge >= 0.3 is 0 Å². The molecule has 0 aliphatic heterocycles. The Kier molecular flexibility index (Phi) is 10.7. The number of carbonyl (C=O) groups is 2. The number of benzene rings is 3. The second-order valence-electron chi connectivity index (χ2n) is 11.0. The number of rotatable bonds is 12. The van der Waals surface area contributed by atoms with Gasteiger partial charge in [-0.3, -0.25) is 13.9 Å². The molecule has 3 aromatic carbocycles. The quantitative estimate of drug-likeness (QED) is 0.265. The average molecular weight is 626 g/mol. The maximum absolute atomic E-state index is 14.3. The predicted octanol–water partition coefficient (Wildman–Crippen LogP) is 6.03.